The Morgan fingerprint density at radius 3 is 2.70 bits per heavy atom. The number of carbonyl (C=O) groups excluding carboxylic acids is 1. The second-order valence-electron chi connectivity index (χ2n) is 7.13. The Balaban J connectivity index is 0.00000320. The summed E-state index contributed by atoms with van der Waals surface area (Å²) in [5.74, 6) is 1.03. The third kappa shape index (κ3) is 6.89. The predicted molar refractivity (Wildman–Crippen MR) is 127 cm³/mol. The minimum absolute atomic E-state index is 0. The summed E-state index contributed by atoms with van der Waals surface area (Å²) < 4.78 is 10.6. The maximum absolute atomic E-state index is 11.7. The van der Waals surface area contributed by atoms with Gasteiger partial charge in [0.15, 0.2) is 5.96 Å². The van der Waals surface area contributed by atoms with Crippen molar-refractivity contribution in [2.45, 2.75) is 39.2 Å². The number of hydrogen-bond acceptors (Lipinski definition) is 5. The summed E-state index contributed by atoms with van der Waals surface area (Å²) >= 11 is 0. The van der Waals surface area contributed by atoms with Gasteiger partial charge in [-0.2, -0.15) is 0 Å². The van der Waals surface area contributed by atoms with Gasteiger partial charge in [0.1, 0.15) is 6.26 Å². The Bertz CT molecular complexity index is 829. The van der Waals surface area contributed by atoms with Crippen LogP contribution in [-0.2, 0) is 11.2 Å². The van der Waals surface area contributed by atoms with Crippen LogP contribution in [0.2, 0.25) is 0 Å². The van der Waals surface area contributed by atoms with E-state index in [0.717, 1.165) is 24.1 Å². The summed E-state index contributed by atoms with van der Waals surface area (Å²) in [4.78, 5) is 22.4. The van der Waals surface area contributed by atoms with Gasteiger partial charge in [-0.25, -0.2) is 9.78 Å². The standard InChI is InChI=1S/C21H29N5O3.HI/c1-3-28-21(27)26-12-9-17(10-13-26)25-20(22)23-11-8-18-14-29-19(24-18)16-6-4-15(2)5-7-16;/h4-7,14,17H,3,8-13H2,1-2H3,(H3,22,23,25);1H. The minimum atomic E-state index is -0.245. The third-order valence-corrected chi connectivity index (χ3v) is 4.87. The highest BCUT2D eigenvalue weighted by molar-refractivity contribution is 14.0. The molecule has 0 bridgehead atoms. The summed E-state index contributed by atoms with van der Waals surface area (Å²) in [5, 5.41) is 3.24. The number of benzene rings is 1. The first kappa shape index (κ1) is 24.0. The fourth-order valence-electron chi connectivity index (χ4n) is 3.22. The zero-order chi connectivity index (χ0) is 20.6. The maximum atomic E-state index is 11.7. The van der Waals surface area contributed by atoms with Crippen LogP contribution in [0.5, 0.6) is 0 Å². The van der Waals surface area contributed by atoms with E-state index in [4.69, 9.17) is 14.9 Å². The van der Waals surface area contributed by atoms with E-state index in [-0.39, 0.29) is 36.1 Å². The molecule has 3 rings (SSSR count). The van der Waals surface area contributed by atoms with E-state index in [0.29, 0.717) is 44.5 Å². The largest absolute Gasteiger partial charge is 0.450 e. The number of ether oxygens (including phenoxy) is 1. The molecule has 1 aromatic heterocycles. The number of nitrogens with two attached hydrogens (primary N) is 1. The highest BCUT2D eigenvalue weighted by atomic mass is 127. The Morgan fingerprint density at radius 1 is 1.33 bits per heavy atom. The molecule has 0 saturated carbocycles. The molecule has 30 heavy (non-hydrogen) atoms. The summed E-state index contributed by atoms with van der Waals surface area (Å²) in [6.45, 7) is 6.10. The maximum Gasteiger partial charge on any atom is 0.409 e. The number of rotatable bonds is 6. The first-order valence-corrected chi connectivity index (χ1v) is 10.0. The number of guanidine groups is 1. The molecule has 2 aromatic rings. The number of halogens is 1. The number of aromatic nitrogens is 1. The van der Waals surface area contributed by atoms with Crippen LogP contribution in [0, 0.1) is 6.92 Å². The van der Waals surface area contributed by atoms with E-state index < -0.39 is 0 Å². The molecule has 2 heterocycles. The molecule has 0 unspecified atom stereocenters. The van der Waals surface area contributed by atoms with E-state index in [2.05, 4.69) is 15.3 Å². The molecule has 8 nitrogen and oxygen atoms in total. The molecule has 0 radical (unpaired) electrons. The predicted octanol–water partition coefficient (Wildman–Crippen LogP) is 3.34. The average Bonchev–Trinajstić information content (AvgIpc) is 3.18. The Morgan fingerprint density at radius 2 is 2.03 bits per heavy atom. The third-order valence-electron chi connectivity index (χ3n) is 4.87. The monoisotopic (exact) mass is 527 g/mol. The van der Waals surface area contributed by atoms with Crippen LogP contribution in [0.15, 0.2) is 39.9 Å². The smallest absolute Gasteiger partial charge is 0.409 e. The van der Waals surface area contributed by atoms with Gasteiger partial charge < -0.3 is 25.1 Å². The molecule has 0 spiro atoms. The van der Waals surface area contributed by atoms with Crippen molar-refractivity contribution in [3.63, 3.8) is 0 Å². The van der Waals surface area contributed by atoms with E-state index in [9.17, 15) is 4.79 Å². The van der Waals surface area contributed by atoms with E-state index in [1.165, 1.54) is 5.56 Å². The van der Waals surface area contributed by atoms with Crippen molar-refractivity contribution in [3.8, 4) is 11.5 Å². The number of carbonyl (C=O) groups is 1. The quantitative estimate of drug-likeness (QED) is 0.339. The highest BCUT2D eigenvalue weighted by Gasteiger charge is 2.23. The number of amides is 1. The molecule has 1 amide bonds. The van der Waals surface area contributed by atoms with Crippen molar-refractivity contribution < 1.29 is 13.9 Å². The lowest BCUT2D eigenvalue weighted by Gasteiger charge is -2.31. The first-order chi connectivity index (χ1) is 14.0. The fourth-order valence-corrected chi connectivity index (χ4v) is 3.22. The molecule has 9 heteroatoms. The van der Waals surface area contributed by atoms with Gasteiger partial charge in [-0.05, 0) is 38.8 Å². The molecule has 0 atom stereocenters. The number of likely N-dealkylation sites (tertiary alicyclic amines) is 1. The lowest BCUT2D eigenvalue weighted by Crippen LogP contribution is -2.48. The zero-order valence-corrected chi connectivity index (χ0v) is 19.8. The topological polar surface area (TPSA) is 106 Å². The molecule has 1 aliphatic rings. The van der Waals surface area contributed by atoms with E-state index >= 15 is 0 Å². The van der Waals surface area contributed by atoms with Crippen LogP contribution in [0.4, 0.5) is 4.79 Å². The highest BCUT2D eigenvalue weighted by Crippen LogP contribution is 2.19. The van der Waals surface area contributed by atoms with Gasteiger partial charge in [0.2, 0.25) is 5.89 Å². The minimum Gasteiger partial charge on any atom is -0.450 e. The second-order valence-corrected chi connectivity index (χ2v) is 7.13. The molecule has 0 aliphatic carbocycles. The Kier molecular flexibility index (Phi) is 9.41. The molecule has 3 N–H and O–H groups in total. The normalized spacial score (nSPS) is 14.9. The van der Waals surface area contributed by atoms with E-state index in [1.54, 1.807) is 11.2 Å². The Labute approximate surface area is 194 Å². The molecule has 1 fully saturated rings. The summed E-state index contributed by atoms with van der Waals surface area (Å²) in [6.07, 6.45) is 3.71. The van der Waals surface area contributed by atoms with Gasteiger partial charge in [-0.15, -0.1) is 24.0 Å². The average molecular weight is 527 g/mol. The Hall–Kier alpha value is -2.30. The van der Waals surface area contributed by atoms with Crippen molar-refractivity contribution in [2.75, 3.05) is 26.2 Å². The van der Waals surface area contributed by atoms with Gasteiger partial charge in [-0.3, -0.25) is 4.99 Å². The van der Waals surface area contributed by atoms with Crippen LogP contribution in [0.3, 0.4) is 0 Å². The van der Waals surface area contributed by atoms with Gasteiger partial charge >= 0.3 is 6.09 Å². The SMILES string of the molecule is CCOC(=O)N1CCC(NC(N)=NCCc2coc(-c3ccc(C)cc3)n2)CC1.I. The molecule has 1 aliphatic heterocycles. The fraction of sp³-hybridized carbons (Fsp3) is 0.476. The number of aliphatic imine (C=N–C) groups is 1. The van der Waals surface area contributed by atoms with Gasteiger partial charge in [0, 0.05) is 37.7 Å². The van der Waals surface area contributed by atoms with Crippen LogP contribution in [0.1, 0.15) is 31.0 Å². The second kappa shape index (κ2) is 11.8. The van der Waals surface area contributed by atoms with Crippen molar-refractivity contribution in [2.24, 2.45) is 10.7 Å². The first-order valence-electron chi connectivity index (χ1n) is 10.0. The summed E-state index contributed by atoms with van der Waals surface area (Å²) in [5.41, 5.74) is 9.02. The summed E-state index contributed by atoms with van der Waals surface area (Å²) in [6, 6.07) is 8.28. The van der Waals surface area contributed by atoms with Gasteiger partial charge in [0.05, 0.1) is 12.3 Å². The summed E-state index contributed by atoms with van der Waals surface area (Å²) in [7, 11) is 0. The number of hydrogen-bond donors (Lipinski definition) is 2. The number of oxazole rings is 1. The lowest BCUT2D eigenvalue weighted by atomic mass is 10.1. The molecule has 1 saturated heterocycles. The number of nitrogens with zero attached hydrogens (tertiary/aromatic N) is 3. The molecule has 1 aromatic carbocycles. The van der Waals surface area contributed by atoms with Crippen LogP contribution >= 0.6 is 24.0 Å². The van der Waals surface area contributed by atoms with Crippen LogP contribution in [-0.4, -0.2) is 54.2 Å². The molecule has 164 valence electrons. The van der Waals surface area contributed by atoms with Crippen molar-refractivity contribution >= 4 is 36.0 Å². The van der Waals surface area contributed by atoms with Crippen LogP contribution < -0.4 is 11.1 Å². The number of aryl methyl sites for hydroxylation is 1. The lowest BCUT2D eigenvalue weighted by molar-refractivity contribution is 0.0963. The van der Waals surface area contributed by atoms with Gasteiger partial charge in [0.25, 0.3) is 0 Å². The van der Waals surface area contributed by atoms with Crippen molar-refractivity contribution in [3.05, 3.63) is 41.8 Å². The van der Waals surface area contributed by atoms with E-state index in [1.807, 2.05) is 38.1 Å². The van der Waals surface area contributed by atoms with Crippen molar-refractivity contribution in [1.82, 2.24) is 15.2 Å². The number of nitrogens with one attached hydrogen (secondary N) is 1. The zero-order valence-electron chi connectivity index (χ0n) is 17.5. The molecular formula is C21H30IN5O3. The van der Waals surface area contributed by atoms with Crippen molar-refractivity contribution in [1.29, 1.82) is 0 Å². The van der Waals surface area contributed by atoms with Gasteiger partial charge in [-0.1, -0.05) is 17.7 Å². The molecular weight excluding hydrogens is 497 g/mol. The van der Waals surface area contributed by atoms with Crippen LogP contribution in [0.25, 0.3) is 11.5 Å². The number of piperidine rings is 1.